The summed E-state index contributed by atoms with van der Waals surface area (Å²) in [7, 11) is 1.56. The number of thiocarbonyl (C=S) groups is 1. The van der Waals surface area contributed by atoms with Crippen LogP contribution in [0.1, 0.15) is 30.1 Å². The van der Waals surface area contributed by atoms with E-state index in [4.69, 9.17) is 17.0 Å². The zero-order chi connectivity index (χ0) is 21.7. The lowest BCUT2D eigenvalue weighted by molar-refractivity contribution is -0.116. The third-order valence-corrected chi connectivity index (χ3v) is 5.77. The number of nitrogens with zero attached hydrogens (tertiary/aromatic N) is 1. The molecule has 7 nitrogen and oxygen atoms in total. The average molecular weight is 507 g/mol. The van der Waals surface area contributed by atoms with Crippen molar-refractivity contribution < 1.29 is 14.3 Å². The van der Waals surface area contributed by atoms with Crippen LogP contribution in [0.4, 0.5) is 10.8 Å². The minimum atomic E-state index is -0.337. The van der Waals surface area contributed by atoms with E-state index in [1.54, 1.807) is 25.3 Å². The van der Waals surface area contributed by atoms with Gasteiger partial charge in [0.1, 0.15) is 5.75 Å². The van der Waals surface area contributed by atoms with E-state index >= 15 is 0 Å². The quantitative estimate of drug-likeness (QED) is 0.410. The average Bonchev–Trinajstić information content (AvgIpc) is 3.09. The Kier molecular flexibility index (Phi) is 7.35. The van der Waals surface area contributed by atoms with Gasteiger partial charge in [0.05, 0.1) is 21.8 Å². The second-order valence-electron chi connectivity index (χ2n) is 6.26. The van der Waals surface area contributed by atoms with Crippen LogP contribution in [-0.2, 0) is 4.79 Å². The van der Waals surface area contributed by atoms with Crippen LogP contribution in [0.3, 0.4) is 0 Å². The van der Waals surface area contributed by atoms with Gasteiger partial charge in [-0.25, -0.2) is 4.98 Å². The summed E-state index contributed by atoms with van der Waals surface area (Å²) in [5, 5.41) is 9.18. The number of thiazole rings is 1. The Bertz CT molecular complexity index is 1120. The molecule has 0 aliphatic rings. The Morgan fingerprint density at radius 1 is 1.20 bits per heavy atom. The molecule has 0 saturated heterocycles. The molecule has 0 aliphatic heterocycles. The smallest absolute Gasteiger partial charge is 0.257 e. The number of fused-ring (bicyclic) bond motifs is 1. The third-order valence-electron chi connectivity index (χ3n) is 4.01. The van der Waals surface area contributed by atoms with E-state index in [0.29, 0.717) is 33.0 Å². The van der Waals surface area contributed by atoms with E-state index in [9.17, 15) is 9.59 Å². The molecule has 0 spiro atoms. The van der Waals surface area contributed by atoms with Crippen LogP contribution < -0.4 is 20.7 Å². The number of carbonyl (C=O) groups excluding carboxylic acids is 2. The molecule has 0 bridgehead atoms. The van der Waals surface area contributed by atoms with Crippen molar-refractivity contribution in [1.29, 1.82) is 0 Å². The number of benzene rings is 2. The summed E-state index contributed by atoms with van der Waals surface area (Å²) in [5.74, 6) is 0.245. The number of hydrogen-bond donors (Lipinski definition) is 3. The first-order valence-electron chi connectivity index (χ1n) is 9.06. The molecule has 2 amide bonds. The van der Waals surface area contributed by atoms with Crippen molar-refractivity contribution in [1.82, 2.24) is 10.3 Å². The highest BCUT2D eigenvalue weighted by molar-refractivity contribution is 9.10. The van der Waals surface area contributed by atoms with Crippen molar-refractivity contribution in [2.24, 2.45) is 0 Å². The predicted octanol–water partition coefficient (Wildman–Crippen LogP) is 4.93. The van der Waals surface area contributed by atoms with E-state index in [-0.39, 0.29) is 16.9 Å². The van der Waals surface area contributed by atoms with Gasteiger partial charge >= 0.3 is 0 Å². The van der Waals surface area contributed by atoms with E-state index in [0.717, 1.165) is 16.6 Å². The first-order chi connectivity index (χ1) is 14.4. The highest BCUT2D eigenvalue weighted by Crippen LogP contribution is 2.29. The lowest BCUT2D eigenvalue weighted by Gasteiger charge is -2.10. The molecular weight excluding hydrogens is 488 g/mol. The van der Waals surface area contributed by atoms with Gasteiger partial charge in [0.2, 0.25) is 5.91 Å². The Labute approximate surface area is 191 Å². The maximum atomic E-state index is 12.4. The summed E-state index contributed by atoms with van der Waals surface area (Å²) in [4.78, 5) is 28.6. The van der Waals surface area contributed by atoms with Crippen LogP contribution >= 0.6 is 39.5 Å². The van der Waals surface area contributed by atoms with Gasteiger partial charge in [-0.2, -0.15) is 0 Å². The van der Waals surface area contributed by atoms with Gasteiger partial charge in [-0.15, -0.1) is 0 Å². The van der Waals surface area contributed by atoms with E-state index in [1.807, 2.05) is 25.1 Å². The summed E-state index contributed by atoms with van der Waals surface area (Å²) in [6, 6.07) is 10.5. The molecular formula is C20H19BrN4O3S2. The normalized spacial score (nSPS) is 10.5. The van der Waals surface area contributed by atoms with Crippen molar-refractivity contribution in [3.63, 3.8) is 0 Å². The second kappa shape index (κ2) is 9.96. The Balaban J connectivity index is 1.65. The van der Waals surface area contributed by atoms with Crippen LogP contribution in [0, 0.1) is 0 Å². The fourth-order valence-electron chi connectivity index (χ4n) is 2.61. The molecule has 0 fully saturated rings. The SMILES string of the molecule is CCCC(=O)Nc1nc2ccc(NC(=S)NC(=O)c3ccc(OC)c(Br)c3)cc2s1. The molecule has 10 heteroatoms. The highest BCUT2D eigenvalue weighted by atomic mass is 79.9. The second-order valence-corrected chi connectivity index (χ2v) is 8.55. The molecule has 3 rings (SSSR count). The molecule has 3 N–H and O–H groups in total. The summed E-state index contributed by atoms with van der Waals surface area (Å²) in [6.45, 7) is 1.95. The molecule has 0 saturated carbocycles. The summed E-state index contributed by atoms with van der Waals surface area (Å²) in [5.41, 5.74) is 1.92. The Morgan fingerprint density at radius 3 is 2.70 bits per heavy atom. The van der Waals surface area contributed by atoms with Gasteiger partial charge in [-0.1, -0.05) is 18.3 Å². The van der Waals surface area contributed by atoms with Crippen molar-refractivity contribution in [3.05, 3.63) is 46.4 Å². The predicted molar refractivity (Wildman–Crippen MR) is 128 cm³/mol. The van der Waals surface area contributed by atoms with Crippen LogP contribution in [0.5, 0.6) is 5.75 Å². The van der Waals surface area contributed by atoms with Crippen LogP contribution in [0.25, 0.3) is 10.2 Å². The van der Waals surface area contributed by atoms with Crippen molar-refractivity contribution in [2.75, 3.05) is 17.7 Å². The molecule has 0 aliphatic carbocycles. The van der Waals surface area contributed by atoms with Gasteiger partial charge in [-0.05, 0) is 71.0 Å². The zero-order valence-electron chi connectivity index (χ0n) is 16.2. The van der Waals surface area contributed by atoms with Gasteiger partial charge < -0.3 is 15.4 Å². The number of anilines is 2. The molecule has 0 unspecified atom stereocenters. The first-order valence-corrected chi connectivity index (χ1v) is 11.1. The number of ether oxygens (including phenoxy) is 1. The van der Waals surface area contributed by atoms with Crippen LogP contribution in [-0.4, -0.2) is 29.0 Å². The van der Waals surface area contributed by atoms with Crippen molar-refractivity contribution >= 4 is 77.4 Å². The minimum absolute atomic E-state index is 0.0519. The number of aromatic nitrogens is 1. The summed E-state index contributed by atoms with van der Waals surface area (Å²) >= 11 is 10.00. The standard InChI is InChI=1S/C20H19BrN4O3S2/c1-3-4-17(26)24-20-23-14-7-6-12(10-16(14)30-20)22-19(29)25-18(27)11-5-8-15(28-2)13(21)9-11/h5-10H,3-4H2,1-2H3,(H,23,24,26)(H2,22,25,27,29). The number of rotatable bonds is 6. The Morgan fingerprint density at radius 2 is 2.00 bits per heavy atom. The molecule has 156 valence electrons. The lowest BCUT2D eigenvalue weighted by atomic mass is 10.2. The molecule has 0 atom stereocenters. The fourth-order valence-corrected chi connectivity index (χ4v) is 4.28. The third kappa shape index (κ3) is 5.53. The van der Waals surface area contributed by atoms with Gasteiger partial charge in [0.25, 0.3) is 5.91 Å². The van der Waals surface area contributed by atoms with Crippen molar-refractivity contribution in [3.8, 4) is 5.75 Å². The summed E-state index contributed by atoms with van der Waals surface area (Å²) < 4.78 is 6.73. The highest BCUT2D eigenvalue weighted by Gasteiger charge is 2.12. The number of nitrogens with one attached hydrogen (secondary N) is 3. The summed E-state index contributed by atoms with van der Waals surface area (Å²) in [6.07, 6.45) is 1.24. The molecule has 1 aromatic heterocycles. The molecule has 30 heavy (non-hydrogen) atoms. The Hall–Kier alpha value is -2.56. The first kappa shape index (κ1) is 22.1. The maximum Gasteiger partial charge on any atom is 0.257 e. The van der Waals surface area contributed by atoms with Gasteiger partial charge in [0, 0.05) is 17.7 Å². The van der Waals surface area contributed by atoms with Gasteiger partial charge in [0.15, 0.2) is 10.2 Å². The number of halogens is 1. The van der Waals surface area contributed by atoms with E-state index < -0.39 is 0 Å². The topological polar surface area (TPSA) is 92.4 Å². The monoisotopic (exact) mass is 506 g/mol. The minimum Gasteiger partial charge on any atom is -0.496 e. The van der Waals surface area contributed by atoms with E-state index in [2.05, 4.69) is 36.9 Å². The largest absolute Gasteiger partial charge is 0.496 e. The number of methoxy groups -OCH3 is 1. The molecule has 2 aromatic carbocycles. The van der Waals surface area contributed by atoms with E-state index in [1.165, 1.54) is 11.3 Å². The molecule has 1 heterocycles. The van der Waals surface area contributed by atoms with Crippen LogP contribution in [0.2, 0.25) is 0 Å². The maximum absolute atomic E-state index is 12.4. The van der Waals surface area contributed by atoms with Crippen LogP contribution in [0.15, 0.2) is 40.9 Å². The number of amides is 2. The van der Waals surface area contributed by atoms with Crippen molar-refractivity contribution in [2.45, 2.75) is 19.8 Å². The lowest BCUT2D eigenvalue weighted by Crippen LogP contribution is -2.34. The fraction of sp³-hybridized carbons (Fsp3) is 0.200. The molecule has 0 radical (unpaired) electrons. The zero-order valence-corrected chi connectivity index (χ0v) is 19.5. The number of carbonyl (C=O) groups is 2. The molecule has 3 aromatic rings. The van der Waals surface area contributed by atoms with Gasteiger partial charge in [-0.3, -0.25) is 14.9 Å². The number of hydrogen-bond acceptors (Lipinski definition) is 6.